The third kappa shape index (κ3) is 4.26. The molecule has 1 aliphatic rings. The molecule has 0 aromatic heterocycles. The van der Waals surface area contributed by atoms with Crippen LogP contribution in [-0.2, 0) is 15.8 Å². The molecule has 1 heterocycles. The van der Waals surface area contributed by atoms with Gasteiger partial charge < -0.3 is 4.74 Å². The number of nitrogens with one attached hydrogen (secondary N) is 1. The molecule has 0 unspecified atom stereocenters. The number of methoxy groups -OCH3 is 1. The molecule has 1 aliphatic heterocycles. The lowest BCUT2D eigenvalue weighted by molar-refractivity contribution is -0.137. The highest BCUT2D eigenvalue weighted by atomic mass is 19.4. The summed E-state index contributed by atoms with van der Waals surface area (Å²) in [5.41, 5.74) is -0.812. The highest BCUT2D eigenvalue weighted by Crippen LogP contribution is 2.31. The summed E-state index contributed by atoms with van der Waals surface area (Å²) in [4.78, 5) is 41.5. The number of urea groups is 1. The molecule has 29 heavy (non-hydrogen) atoms. The van der Waals surface area contributed by atoms with Crippen LogP contribution in [0.25, 0.3) is 0 Å². The van der Waals surface area contributed by atoms with Crippen molar-refractivity contribution in [3.63, 3.8) is 0 Å². The molecule has 4 amide bonds. The van der Waals surface area contributed by atoms with Crippen molar-refractivity contribution in [2.24, 2.45) is 10.9 Å². The van der Waals surface area contributed by atoms with Gasteiger partial charge in [0.05, 0.1) is 24.0 Å². The molecule has 0 aliphatic carbocycles. The second-order valence-corrected chi connectivity index (χ2v) is 5.97. The van der Waals surface area contributed by atoms with Gasteiger partial charge in [-0.3, -0.25) is 19.9 Å². The van der Waals surface area contributed by atoms with Crippen LogP contribution in [0.15, 0.2) is 53.5 Å². The minimum atomic E-state index is -4.55. The molecule has 1 atom stereocenters. The van der Waals surface area contributed by atoms with E-state index in [2.05, 4.69) is 4.99 Å². The molecule has 1 N–H and O–H groups in total. The van der Waals surface area contributed by atoms with Gasteiger partial charge in [-0.2, -0.15) is 13.2 Å². The normalized spacial score (nSPS) is 17.6. The minimum Gasteiger partial charge on any atom is -0.497 e. The summed E-state index contributed by atoms with van der Waals surface area (Å²) in [7, 11) is 1.45. The molecule has 2 aromatic rings. The van der Waals surface area contributed by atoms with E-state index in [4.69, 9.17) is 4.74 Å². The number of hydrogen-bond acceptors (Lipinski definition) is 5. The van der Waals surface area contributed by atoms with Crippen LogP contribution in [0.5, 0.6) is 5.75 Å². The molecular weight excluding hydrogens is 391 g/mol. The zero-order valence-corrected chi connectivity index (χ0v) is 14.9. The van der Waals surface area contributed by atoms with Crippen LogP contribution in [0, 0.1) is 5.92 Å². The number of carbonyl (C=O) groups is 3. The number of amides is 4. The van der Waals surface area contributed by atoms with Gasteiger partial charge in [0.1, 0.15) is 5.75 Å². The van der Waals surface area contributed by atoms with E-state index in [9.17, 15) is 27.6 Å². The number of alkyl halides is 3. The first-order valence-corrected chi connectivity index (χ1v) is 8.25. The second-order valence-electron chi connectivity index (χ2n) is 5.97. The fraction of sp³-hybridized carbons (Fsp3) is 0.158. The molecule has 0 spiro atoms. The van der Waals surface area contributed by atoms with E-state index in [1.54, 1.807) is 0 Å². The summed E-state index contributed by atoms with van der Waals surface area (Å²) in [6.07, 6.45) is -3.64. The molecule has 3 rings (SSSR count). The summed E-state index contributed by atoms with van der Waals surface area (Å²) in [5, 5.41) is 2.03. The molecule has 1 saturated heterocycles. The van der Waals surface area contributed by atoms with Crippen LogP contribution in [0.1, 0.15) is 5.56 Å². The standard InChI is InChI=1S/C19H14F3N3O4/c1-29-14-7-5-13(6-8-14)25-17(27)15(16(26)24-18(25)28)10-23-12-4-2-3-11(9-12)19(20,21)22/h2-10,15H,1H3,(H,24,26,28)/t15-/m0/s1. The topological polar surface area (TPSA) is 88.1 Å². The van der Waals surface area contributed by atoms with E-state index in [-0.39, 0.29) is 11.4 Å². The molecule has 2 aromatic carbocycles. The van der Waals surface area contributed by atoms with Crippen molar-refractivity contribution < 1.29 is 32.3 Å². The van der Waals surface area contributed by atoms with Crippen molar-refractivity contribution in [2.75, 3.05) is 12.0 Å². The number of barbiturate groups is 1. The smallest absolute Gasteiger partial charge is 0.416 e. The van der Waals surface area contributed by atoms with Gasteiger partial charge in [0.2, 0.25) is 5.91 Å². The lowest BCUT2D eigenvalue weighted by Gasteiger charge is -2.28. The maximum Gasteiger partial charge on any atom is 0.416 e. The zero-order chi connectivity index (χ0) is 21.2. The van der Waals surface area contributed by atoms with Gasteiger partial charge >= 0.3 is 12.2 Å². The summed E-state index contributed by atoms with van der Waals surface area (Å²) in [5.74, 6) is -2.78. The largest absolute Gasteiger partial charge is 0.497 e. The van der Waals surface area contributed by atoms with Crippen molar-refractivity contribution >= 4 is 35.4 Å². The molecule has 0 radical (unpaired) electrons. The van der Waals surface area contributed by atoms with E-state index in [1.165, 1.54) is 37.4 Å². The van der Waals surface area contributed by atoms with Crippen LogP contribution in [0.2, 0.25) is 0 Å². The third-order valence-corrected chi connectivity index (χ3v) is 4.08. The fourth-order valence-corrected chi connectivity index (χ4v) is 2.62. The van der Waals surface area contributed by atoms with Crippen molar-refractivity contribution in [3.8, 4) is 5.75 Å². The average molecular weight is 405 g/mol. The maximum atomic E-state index is 12.8. The van der Waals surface area contributed by atoms with Gasteiger partial charge in [0.15, 0.2) is 5.92 Å². The first-order valence-electron chi connectivity index (χ1n) is 8.25. The molecular formula is C19H14F3N3O4. The molecule has 1 fully saturated rings. The highest BCUT2D eigenvalue weighted by molar-refractivity contribution is 6.32. The van der Waals surface area contributed by atoms with Crippen LogP contribution in [0.3, 0.4) is 0 Å². The Morgan fingerprint density at radius 1 is 1.10 bits per heavy atom. The molecule has 0 bridgehead atoms. The number of halogens is 3. The number of rotatable bonds is 4. The monoisotopic (exact) mass is 405 g/mol. The van der Waals surface area contributed by atoms with E-state index < -0.39 is 35.5 Å². The Morgan fingerprint density at radius 2 is 1.79 bits per heavy atom. The van der Waals surface area contributed by atoms with E-state index >= 15 is 0 Å². The van der Waals surface area contributed by atoms with Crippen LogP contribution < -0.4 is 15.0 Å². The molecule has 10 heteroatoms. The Labute approximate surface area is 162 Å². The number of hydrogen-bond donors (Lipinski definition) is 1. The number of benzene rings is 2. The van der Waals surface area contributed by atoms with Crippen molar-refractivity contribution in [1.82, 2.24) is 5.32 Å². The maximum absolute atomic E-state index is 12.8. The summed E-state index contributed by atoms with van der Waals surface area (Å²) < 4.78 is 43.4. The van der Waals surface area contributed by atoms with Crippen LogP contribution in [-0.4, -0.2) is 31.2 Å². The van der Waals surface area contributed by atoms with E-state index in [0.717, 1.165) is 29.3 Å². The van der Waals surface area contributed by atoms with Crippen LogP contribution in [0.4, 0.5) is 29.3 Å². The Balaban J connectivity index is 1.87. The van der Waals surface area contributed by atoms with Gasteiger partial charge in [-0.15, -0.1) is 0 Å². The van der Waals surface area contributed by atoms with Crippen molar-refractivity contribution in [1.29, 1.82) is 0 Å². The predicted molar refractivity (Wildman–Crippen MR) is 97.1 cm³/mol. The number of nitrogens with zero attached hydrogens (tertiary/aromatic N) is 2. The zero-order valence-electron chi connectivity index (χ0n) is 14.9. The van der Waals surface area contributed by atoms with Gasteiger partial charge in [0, 0.05) is 6.21 Å². The molecule has 150 valence electrons. The first-order chi connectivity index (χ1) is 13.7. The van der Waals surface area contributed by atoms with Crippen molar-refractivity contribution in [3.05, 3.63) is 54.1 Å². The van der Waals surface area contributed by atoms with Gasteiger partial charge in [-0.25, -0.2) is 9.69 Å². The Hall–Kier alpha value is -3.69. The van der Waals surface area contributed by atoms with Gasteiger partial charge in [-0.05, 0) is 42.5 Å². The summed E-state index contributed by atoms with van der Waals surface area (Å²) >= 11 is 0. The van der Waals surface area contributed by atoms with E-state index in [1.807, 2.05) is 5.32 Å². The summed E-state index contributed by atoms with van der Waals surface area (Å²) in [6.45, 7) is 0. The quantitative estimate of drug-likeness (QED) is 0.625. The van der Waals surface area contributed by atoms with Gasteiger partial charge in [-0.1, -0.05) is 6.07 Å². The Morgan fingerprint density at radius 3 is 2.41 bits per heavy atom. The summed E-state index contributed by atoms with van der Waals surface area (Å²) in [6, 6.07) is 9.13. The second kappa shape index (κ2) is 7.74. The Kier molecular flexibility index (Phi) is 5.35. The van der Waals surface area contributed by atoms with E-state index in [0.29, 0.717) is 5.75 Å². The number of carbonyl (C=O) groups excluding carboxylic acids is 3. The van der Waals surface area contributed by atoms with Gasteiger partial charge in [0.25, 0.3) is 5.91 Å². The average Bonchev–Trinajstić information content (AvgIpc) is 2.67. The fourth-order valence-electron chi connectivity index (χ4n) is 2.62. The van der Waals surface area contributed by atoms with Crippen molar-refractivity contribution in [2.45, 2.75) is 6.18 Å². The number of imide groups is 2. The minimum absolute atomic E-state index is 0.0895. The first kappa shape index (κ1) is 20.1. The SMILES string of the molecule is COc1ccc(N2C(=O)NC(=O)[C@H](C=Nc3cccc(C(F)(F)F)c3)C2=O)cc1. The third-order valence-electron chi connectivity index (χ3n) is 4.08. The number of anilines is 1. The van der Waals surface area contributed by atoms with Crippen LogP contribution >= 0.6 is 0 Å². The predicted octanol–water partition coefficient (Wildman–Crippen LogP) is 3.32. The highest BCUT2D eigenvalue weighted by Gasteiger charge is 2.40. The number of aliphatic imine (C=N–C) groups is 1. The lowest BCUT2D eigenvalue weighted by atomic mass is 10.1. The molecule has 7 nitrogen and oxygen atoms in total. The Bertz CT molecular complexity index is 987. The number of ether oxygens (including phenoxy) is 1. The lowest BCUT2D eigenvalue weighted by Crippen LogP contribution is -2.58. The molecule has 0 saturated carbocycles.